The number of amides is 1. The average Bonchev–Trinajstić information content (AvgIpc) is 2.20. The molecule has 0 aromatic rings. The summed E-state index contributed by atoms with van der Waals surface area (Å²) in [6.07, 6.45) is 1.60. The van der Waals surface area contributed by atoms with Crippen molar-refractivity contribution in [2.45, 2.75) is 53.5 Å². The Labute approximate surface area is 106 Å². The fraction of sp³-hybridized carbons (Fsp3) is 0.929. The average molecular weight is 240 g/mol. The quantitative estimate of drug-likeness (QED) is 0.804. The Balaban J connectivity index is 2.49. The Morgan fingerprint density at radius 2 is 1.94 bits per heavy atom. The van der Waals surface area contributed by atoms with Gasteiger partial charge in [0.2, 0.25) is 5.91 Å². The largest absolute Gasteiger partial charge is 0.342 e. The predicted molar refractivity (Wildman–Crippen MR) is 71.6 cm³/mol. The molecule has 100 valence electrons. The highest BCUT2D eigenvalue weighted by Gasteiger charge is 2.29. The van der Waals surface area contributed by atoms with Crippen molar-refractivity contribution in [3.8, 4) is 0 Å². The van der Waals surface area contributed by atoms with Gasteiger partial charge >= 0.3 is 0 Å². The Morgan fingerprint density at radius 1 is 1.35 bits per heavy atom. The van der Waals surface area contributed by atoms with Crippen molar-refractivity contribution >= 4 is 5.91 Å². The summed E-state index contributed by atoms with van der Waals surface area (Å²) in [5, 5.41) is 0. The number of carbonyl (C=O) groups excluding carboxylic acids is 1. The van der Waals surface area contributed by atoms with Gasteiger partial charge in [0.15, 0.2) is 0 Å². The zero-order valence-electron chi connectivity index (χ0n) is 12.0. The topological polar surface area (TPSA) is 46.3 Å². The number of likely N-dealkylation sites (tertiary alicyclic amines) is 1. The Bertz CT molecular complexity index is 270. The van der Waals surface area contributed by atoms with Gasteiger partial charge in [-0.15, -0.1) is 0 Å². The van der Waals surface area contributed by atoms with Crippen LogP contribution < -0.4 is 5.73 Å². The smallest absolute Gasteiger partial charge is 0.224 e. The molecule has 3 nitrogen and oxygen atoms in total. The van der Waals surface area contributed by atoms with Crippen LogP contribution in [0.3, 0.4) is 0 Å². The standard InChI is InChI=1S/C14H28N2O/c1-10-6-7-16(9-11(10)2)13(17)8-12(15)14(3,4)5/h10-12H,6-9,15H2,1-5H3. The van der Waals surface area contributed by atoms with Gasteiger partial charge in [0.05, 0.1) is 0 Å². The van der Waals surface area contributed by atoms with Crippen molar-refractivity contribution < 1.29 is 4.79 Å². The fourth-order valence-electron chi connectivity index (χ4n) is 2.11. The molecule has 0 spiro atoms. The van der Waals surface area contributed by atoms with Crippen LogP contribution in [0, 0.1) is 17.3 Å². The molecule has 3 heteroatoms. The number of nitrogens with two attached hydrogens (primary N) is 1. The first-order valence-electron chi connectivity index (χ1n) is 6.75. The molecular weight excluding hydrogens is 212 g/mol. The van der Waals surface area contributed by atoms with Gasteiger partial charge in [-0.25, -0.2) is 0 Å². The van der Waals surface area contributed by atoms with Gasteiger partial charge < -0.3 is 10.6 Å². The van der Waals surface area contributed by atoms with Crippen LogP contribution in [0.2, 0.25) is 0 Å². The molecule has 1 saturated heterocycles. The highest BCUT2D eigenvalue weighted by atomic mass is 16.2. The zero-order chi connectivity index (χ0) is 13.2. The van der Waals surface area contributed by atoms with Gasteiger partial charge in [0, 0.05) is 25.6 Å². The number of hydrogen-bond donors (Lipinski definition) is 1. The van der Waals surface area contributed by atoms with E-state index in [4.69, 9.17) is 5.73 Å². The second kappa shape index (κ2) is 5.38. The molecule has 1 aliphatic heterocycles. The van der Waals surface area contributed by atoms with Crippen LogP contribution in [0.5, 0.6) is 0 Å². The summed E-state index contributed by atoms with van der Waals surface area (Å²) >= 11 is 0. The SMILES string of the molecule is CC1CCN(C(=O)CC(N)C(C)(C)C)CC1C. The third-order valence-corrected chi connectivity index (χ3v) is 4.19. The van der Waals surface area contributed by atoms with Gasteiger partial charge in [-0.05, 0) is 23.7 Å². The normalized spacial score (nSPS) is 28.0. The van der Waals surface area contributed by atoms with Crippen molar-refractivity contribution in [1.82, 2.24) is 4.90 Å². The van der Waals surface area contributed by atoms with E-state index in [-0.39, 0.29) is 17.4 Å². The van der Waals surface area contributed by atoms with E-state index in [0.29, 0.717) is 12.3 Å². The molecule has 3 atom stereocenters. The van der Waals surface area contributed by atoms with Crippen molar-refractivity contribution in [1.29, 1.82) is 0 Å². The van der Waals surface area contributed by atoms with Gasteiger partial charge in [0.1, 0.15) is 0 Å². The van der Waals surface area contributed by atoms with Crippen molar-refractivity contribution in [2.24, 2.45) is 23.0 Å². The lowest BCUT2D eigenvalue weighted by atomic mass is 9.84. The number of carbonyl (C=O) groups is 1. The minimum atomic E-state index is -0.0512. The van der Waals surface area contributed by atoms with Gasteiger partial charge in [-0.1, -0.05) is 34.6 Å². The van der Waals surface area contributed by atoms with Crippen LogP contribution in [-0.2, 0) is 4.79 Å². The predicted octanol–water partition coefficient (Wildman–Crippen LogP) is 2.25. The minimum absolute atomic E-state index is 0.00432. The fourth-order valence-corrected chi connectivity index (χ4v) is 2.11. The molecule has 1 amide bonds. The first-order chi connectivity index (χ1) is 7.71. The van der Waals surface area contributed by atoms with E-state index >= 15 is 0 Å². The van der Waals surface area contributed by atoms with E-state index in [1.807, 2.05) is 4.90 Å². The van der Waals surface area contributed by atoms with E-state index in [1.54, 1.807) is 0 Å². The molecule has 17 heavy (non-hydrogen) atoms. The number of nitrogens with zero attached hydrogens (tertiary/aromatic N) is 1. The van der Waals surface area contributed by atoms with Gasteiger partial charge in [-0.3, -0.25) is 4.79 Å². The molecule has 3 unspecified atom stereocenters. The molecule has 1 heterocycles. The Kier molecular flexibility index (Phi) is 4.59. The van der Waals surface area contributed by atoms with Crippen LogP contribution in [0.1, 0.15) is 47.5 Å². The summed E-state index contributed by atoms with van der Waals surface area (Å²) in [5.74, 6) is 1.57. The molecule has 0 aromatic heterocycles. The zero-order valence-corrected chi connectivity index (χ0v) is 12.0. The first kappa shape index (κ1) is 14.5. The van der Waals surface area contributed by atoms with E-state index in [1.165, 1.54) is 0 Å². The lowest BCUT2D eigenvalue weighted by Crippen LogP contribution is -2.46. The Morgan fingerprint density at radius 3 is 2.41 bits per heavy atom. The lowest BCUT2D eigenvalue weighted by Gasteiger charge is -2.37. The third-order valence-electron chi connectivity index (χ3n) is 4.19. The summed E-state index contributed by atoms with van der Waals surface area (Å²) < 4.78 is 0. The lowest BCUT2D eigenvalue weighted by molar-refractivity contribution is -0.134. The summed E-state index contributed by atoms with van der Waals surface area (Å²) in [6, 6.07) is -0.0512. The minimum Gasteiger partial charge on any atom is -0.342 e. The molecule has 0 radical (unpaired) electrons. The van der Waals surface area contributed by atoms with Gasteiger partial charge in [0.25, 0.3) is 0 Å². The molecule has 1 rings (SSSR count). The summed E-state index contributed by atoms with van der Waals surface area (Å²) in [4.78, 5) is 14.1. The number of hydrogen-bond acceptors (Lipinski definition) is 2. The van der Waals surface area contributed by atoms with Gasteiger partial charge in [-0.2, -0.15) is 0 Å². The van der Waals surface area contributed by atoms with Crippen LogP contribution in [0.15, 0.2) is 0 Å². The van der Waals surface area contributed by atoms with Crippen LogP contribution >= 0.6 is 0 Å². The monoisotopic (exact) mass is 240 g/mol. The van der Waals surface area contributed by atoms with E-state index < -0.39 is 0 Å². The van der Waals surface area contributed by atoms with E-state index in [2.05, 4.69) is 34.6 Å². The first-order valence-corrected chi connectivity index (χ1v) is 6.75. The summed E-state index contributed by atoms with van der Waals surface area (Å²) in [5.41, 5.74) is 6.08. The maximum absolute atomic E-state index is 12.2. The summed E-state index contributed by atoms with van der Waals surface area (Å²) in [7, 11) is 0. The number of piperidine rings is 1. The molecule has 0 aliphatic carbocycles. The maximum atomic E-state index is 12.2. The molecule has 0 bridgehead atoms. The molecule has 0 saturated carbocycles. The maximum Gasteiger partial charge on any atom is 0.224 e. The highest BCUT2D eigenvalue weighted by molar-refractivity contribution is 5.77. The summed E-state index contributed by atoms with van der Waals surface area (Å²) in [6.45, 7) is 12.6. The van der Waals surface area contributed by atoms with Crippen molar-refractivity contribution in [3.63, 3.8) is 0 Å². The highest BCUT2D eigenvalue weighted by Crippen LogP contribution is 2.25. The van der Waals surface area contributed by atoms with E-state index in [9.17, 15) is 4.79 Å². The molecular formula is C14H28N2O. The van der Waals surface area contributed by atoms with Crippen molar-refractivity contribution in [2.75, 3.05) is 13.1 Å². The van der Waals surface area contributed by atoms with E-state index in [0.717, 1.165) is 25.4 Å². The molecule has 2 N–H and O–H groups in total. The second-order valence-electron chi connectivity index (χ2n) is 6.76. The van der Waals surface area contributed by atoms with Crippen LogP contribution in [-0.4, -0.2) is 29.9 Å². The molecule has 1 aliphatic rings. The van der Waals surface area contributed by atoms with Crippen LogP contribution in [0.25, 0.3) is 0 Å². The molecule has 0 aromatic carbocycles. The number of rotatable bonds is 2. The van der Waals surface area contributed by atoms with Crippen molar-refractivity contribution in [3.05, 3.63) is 0 Å². The Hall–Kier alpha value is -0.570. The van der Waals surface area contributed by atoms with Crippen LogP contribution in [0.4, 0.5) is 0 Å². The third kappa shape index (κ3) is 3.98. The second-order valence-corrected chi connectivity index (χ2v) is 6.76. The molecule has 1 fully saturated rings.